The maximum absolute atomic E-state index is 11.0. The molecule has 1 amide bonds. The molecule has 0 atom stereocenters. The summed E-state index contributed by atoms with van der Waals surface area (Å²) in [7, 11) is 0. The number of anilines is 1. The van der Waals surface area contributed by atoms with Gasteiger partial charge < -0.3 is 11.1 Å². The number of nitrogens with one attached hydrogen (secondary N) is 1. The molecule has 0 unspecified atom stereocenters. The zero-order valence-corrected chi connectivity index (χ0v) is 8.80. The van der Waals surface area contributed by atoms with Gasteiger partial charge in [-0.1, -0.05) is 0 Å². The summed E-state index contributed by atoms with van der Waals surface area (Å²) in [5, 5.41) is 13.0. The van der Waals surface area contributed by atoms with Crippen molar-refractivity contribution in [3.05, 3.63) is 22.5 Å². The number of carbonyl (C=O) groups excluding carboxylic acids is 1. The molecule has 0 aliphatic rings. The second-order valence-electron chi connectivity index (χ2n) is 3.64. The van der Waals surface area contributed by atoms with Crippen LogP contribution in [0.4, 0.5) is 11.6 Å². The molecular formula is C8H11N5O3. The fourth-order valence-electron chi connectivity index (χ4n) is 0.821. The summed E-state index contributed by atoms with van der Waals surface area (Å²) < 4.78 is 0. The van der Waals surface area contributed by atoms with E-state index in [0.717, 1.165) is 12.4 Å². The zero-order chi connectivity index (χ0) is 12.3. The van der Waals surface area contributed by atoms with Crippen molar-refractivity contribution in [2.45, 2.75) is 19.4 Å². The molecule has 1 heterocycles. The molecule has 16 heavy (non-hydrogen) atoms. The molecule has 0 aromatic carbocycles. The van der Waals surface area contributed by atoms with E-state index in [-0.39, 0.29) is 11.6 Å². The Balaban J connectivity index is 2.84. The second kappa shape index (κ2) is 4.09. The minimum atomic E-state index is -1.02. The van der Waals surface area contributed by atoms with Crippen LogP contribution in [0.5, 0.6) is 0 Å². The number of nitrogens with zero attached hydrogens (tertiary/aromatic N) is 3. The van der Waals surface area contributed by atoms with Gasteiger partial charge in [-0.15, -0.1) is 0 Å². The highest BCUT2D eigenvalue weighted by atomic mass is 16.6. The standard InChI is InChI=1S/C8H11N5O3/c1-8(2,6(9)14)12-7-10-3-5(4-11-7)13(15)16/h3-4H,1-2H3,(H2,9,14)(H,10,11,12). The molecule has 1 rings (SSSR count). The molecule has 8 heteroatoms. The minimum Gasteiger partial charge on any atom is -0.368 e. The van der Waals surface area contributed by atoms with Crippen LogP contribution in [0.1, 0.15) is 13.8 Å². The van der Waals surface area contributed by atoms with Gasteiger partial charge in [-0.3, -0.25) is 14.9 Å². The number of hydrogen-bond donors (Lipinski definition) is 2. The largest absolute Gasteiger partial charge is 0.368 e. The lowest BCUT2D eigenvalue weighted by atomic mass is 10.1. The maximum atomic E-state index is 11.0. The van der Waals surface area contributed by atoms with Crippen molar-refractivity contribution in [3.63, 3.8) is 0 Å². The Bertz CT molecular complexity index is 414. The van der Waals surface area contributed by atoms with Crippen molar-refractivity contribution in [1.29, 1.82) is 0 Å². The quantitative estimate of drug-likeness (QED) is 0.551. The number of hydrogen-bond acceptors (Lipinski definition) is 6. The van der Waals surface area contributed by atoms with Crippen LogP contribution in [0.2, 0.25) is 0 Å². The number of primary amides is 1. The fourth-order valence-corrected chi connectivity index (χ4v) is 0.821. The second-order valence-corrected chi connectivity index (χ2v) is 3.64. The van der Waals surface area contributed by atoms with E-state index in [1.807, 2.05) is 0 Å². The van der Waals surface area contributed by atoms with E-state index in [9.17, 15) is 14.9 Å². The molecule has 8 nitrogen and oxygen atoms in total. The molecule has 3 N–H and O–H groups in total. The first-order valence-electron chi connectivity index (χ1n) is 4.37. The highest BCUT2D eigenvalue weighted by molar-refractivity contribution is 5.86. The molecule has 0 spiro atoms. The number of aromatic nitrogens is 2. The topological polar surface area (TPSA) is 124 Å². The average Bonchev–Trinajstić information content (AvgIpc) is 2.17. The van der Waals surface area contributed by atoms with Crippen LogP contribution in [-0.2, 0) is 4.79 Å². The molecule has 1 aromatic rings. The van der Waals surface area contributed by atoms with Gasteiger partial charge in [0.25, 0.3) is 0 Å². The lowest BCUT2D eigenvalue weighted by molar-refractivity contribution is -0.385. The molecule has 0 radical (unpaired) electrons. The van der Waals surface area contributed by atoms with Gasteiger partial charge in [0.1, 0.15) is 17.9 Å². The third kappa shape index (κ3) is 2.62. The van der Waals surface area contributed by atoms with Gasteiger partial charge in [0.2, 0.25) is 11.9 Å². The first-order valence-corrected chi connectivity index (χ1v) is 4.37. The molecule has 0 aliphatic heterocycles. The van der Waals surface area contributed by atoms with E-state index in [4.69, 9.17) is 5.73 Å². The number of nitro groups is 1. The lowest BCUT2D eigenvalue weighted by Gasteiger charge is -2.21. The van der Waals surface area contributed by atoms with Crippen molar-refractivity contribution in [2.24, 2.45) is 5.73 Å². The molecular weight excluding hydrogens is 214 g/mol. The van der Waals surface area contributed by atoms with E-state index < -0.39 is 16.4 Å². The van der Waals surface area contributed by atoms with Crippen LogP contribution >= 0.6 is 0 Å². The van der Waals surface area contributed by atoms with Gasteiger partial charge in [0.15, 0.2) is 0 Å². The van der Waals surface area contributed by atoms with Crippen LogP contribution in [0.15, 0.2) is 12.4 Å². The van der Waals surface area contributed by atoms with E-state index in [0.29, 0.717) is 0 Å². The predicted octanol–water partition coefficient (Wildman–Crippen LogP) is 0.0606. The van der Waals surface area contributed by atoms with Crippen LogP contribution in [-0.4, -0.2) is 26.3 Å². The Morgan fingerprint density at radius 3 is 2.38 bits per heavy atom. The number of nitrogens with two attached hydrogens (primary N) is 1. The summed E-state index contributed by atoms with van der Waals surface area (Å²) in [5.41, 5.74) is 3.89. The van der Waals surface area contributed by atoms with Gasteiger partial charge in [-0.05, 0) is 13.8 Å². The van der Waals surface area contributed by atoms with E-state index in [1.54, 1.807) is 13.8 Å². The Morgan fingerprint density at radius 2 is 2.00 bits per heavy atom. The molecule has 0 aliphatic carbocycles. The van der Waals surface area contributed by atoms with Crippen molar-refractivity contribution in [3.8, 4) is 0 Å². The van der Waals surface area contributed by atoms with Gasteiger partial charge in [0.05, 0.1) is 4.92 Å². The van der Waals surface area contributed by atoms with Crippen molar-refractivity contribution < 1.29 is 9.72 Å². The summed E-state index contributed by atoms with van der Waals surface area (Å²) in [6, 6.07) is 0. The number of amides is 1. The van der Waals surface area contributed by atoms with Gasteiger partial charge in [-0.2, -0.15) is 0 Å². The Morgan fingerprint density at radius 1 is 1.50 bits per heavy atom. The van der Waals surface area contributed by atoms with Gasteiger partial charge in [0, 0.05) is 0 Å². The molecule has 0 saturated heterocycles. The molecule has 0 fully saturated rings. The minimum absolute atomic E-state index is 0.106. The highest BCUT2D eigenvalue weighted by Gasteiger charge is 2.25. The smallest absolute Gasteiger partial charge is 0.305 e. The third-order valence-electron chi connectivity index (χ3n) is 1.89. The SMILES string of the molecule is CC(C)(Nc1ncc([N+](=O)[O-])cn1)C(N)=O. The summed E-state index contributed by atoms with van der Waals surface area (Å²) in [6.07, 6.45) is 2.10. The van der Waals surface area contributed by atoms with Gasteiger partial charge >= 0.3 is 5.69 Å². The zero-order valence-electron chi connectivity index (χ0n) is 8.80. The summed E-state index contributed by atoms with van der Waals surface area (Å²) in [5.74, 6) is -0.469. The first-order chi connectivity index (χ1) is 7.33. The highest BCUT2D eigenvalue weighted by Crippen LogP contribution is 2.12. The molecule has 86 valence electrons. The first kappa shape index (κ1) is 11.8. The van der Waals surface area contributed by atoms with Crippen molar-refractivity contribution in [2.75, 3.05) is 5.32 Å². The number of rotatable bonds is 4. The van der Waals surface area contributed by atoms with E-state index >= 15 is 0 Å². The normalized spacial score (nSPS) is 10.9. The van der Waals surface area contributed by atoms with Crippen LogP contribution in [0.25, 0.3) is 0 Å². The average molecular weight is 225 g/mol. The maximum Gasteiger partial charge on any atom is 0.305 e. The number of carbonyl (C=O) groups is 1. The molecule has 0 bridgehead atoms. The van der Waals surface area contributed by atoms with Crippen LogP contribution in [0.3, 0.4) is 0 Å². The lowest BCUT2D eigenvalue weighted by Crippen LogP contribution is -2.45. The van der Waals surface area contributed by atoms with Crippen molar-refractivity contribution in [1.82, 2.24) is 9.97 Å². The van der Waals surface area contributed by atoms with E-state index in [1.165, 1.54) is 0 Å². The van der Waals surface area contributed by atoms with Gasteiger partial charge in [-0.25, -0.2) is 9.97 Å². The fraction of sp³-hybridized carbons (Fsp3) is 0.375. The molecule has 1 aromatic heterocycles. The van der Waals surface area contributed by atoms with Crippen LogP contribution < -0.4 is 11.1 Å². The summed E-state index contributed by atoms with van der Waals surface area (Å²) in [6.45, 7) is 3.11. The summed E-state index contributed by atoms with van der Waals surface area (Å²) >= 11 is 0. The Kier molecular flexibility index (Phi) is 3.02. The molecule has 0 saturated carbocycles. The Labute approximate surface area is 91.0 Å². The third-order valence-corrected chi connectivity index (χ3v) is 1.89. The monoisotopic (exact) mass is 225 g/mol. The van der Waals surface area contributed by atoms with E-state index in [2.05, 4.69) is 15.3 Å². The van der Waals surface area contributed by atoms with Crippen LogP contribution in [0, 0.1) is 10.1 Å². The summed E-state index contributed by atoms with van der Waals surface area (Å²) in [4.78, 5) is 28.1. The Hall–Kier alpha value is -2.25. The predicted molar refractivity (Wildman–Crippen MR) is 55.6 cm³/mol. The van der Waals surface area contributed by atoms with Crippen molar-refractivity contribution >= 4 is 17.5 Å².